The molecule has 0 bridgehead atoms. The quantitative estimate of drug-likeness (QED) is 0.703. The molecule has 1 aromatic rings. The summed E-state index contributed by atoms with van der Waals surface area (Å²) in [6.45, 7) is 0. The van der Waals surface area contributed by atoms with Crippen molar-refractivity contribution in [1.29, 1.82) is 0 Å². The maximum Gasteiger partial charge on any atom is 0.173 e. The first-order chi connectivity index (χ1) is 5.27. The van der Waals surface area contributed by atoms with E-state index < -0.39 is 0 Å². The lowest BCUT2D eigenvalue weighted by atomic mass is 10.2. The number of ketones is 1. The number of thioether (sulfide) groups is 1. The zero-order valence-electron chi connectivity index (χ0n) is 5.59. The molecule has 0 unspecified atom stereocenters. The molecule has 1 aromatic heterocycles. The first kappa shape index (κ1) is 7.83. The second-order valence-corrected chi connectivity index (χ2v) is 5.80. The van der Waals surface area contributed by atoms with Crippen molar-refractivity contribution in [3.05, 3.63) is 20.3 Å². The van der Waals surface area contributed by atoms with Gasteiger partial charge in [0.15, 0.2) is 5.78 Å². The van der Waals surface area contributed by atoms with Crippen LogP contribution in [0.5, 0.6) is 0 Å². The van der Waals surface area contributed by atoms with Crippen LogP contribution in [-0.4, -0.2) is 11.5 Å². The van der Waals surface area contributed by atoms with E-state index >= 15 is 0 Å². The Morgan fingerprint density at radius 1 is 1.45 bits per heavy atom. The average molecular weight is 249 g/mol. The summed E-state index contributed by atoms with van der Waals surface area (Å²) >= 11 is 6.74. The largest absolute Gasteiger partial charge is 0.293 e. The Labute approximate surface area is 81.3 Å². The van der Waals surface area contributed by atoms with Crippen LogP contribution >= 0.6 is 39.0 Å². The van der Waals surface area contributed by atoms with Crippen molar-refractivity contribution in [2.45, 2.75) is 5.75 Å². The van der Waals surface area contributed by atoms with Crippen molar-refractivity contribution in [3.63, 3.8) is 0 Å². The van der Waals surface area contributed by atoms with Crippen molar-refractivity contribution in [2.24, 2.45) is 0 Å². The Balaban J connectivity index is 2.52. The lowest BCUT2D eigenvalue weighted by Crippen LogP contribution is -2.08. The number of Topliss-reactive ketones (excluding diaryl/α,β-unsaturated/α-hetero) is 1. The summed E-state index contributed by atoms with van der Waals surface area (Å²) < 4.78 is 1.07. The molecule has 11 heavy (non-hydrogen) atoms. The van der Waals surface area contributed by atoms with Gasteiger partial charge in [-0.3, -0.25) is 4.79 Å². The van der Waals surface area contributed by atoms with Gasteiger partial charge in [-0.1, -0.05) is 0 Å². The van der Waals surface area contributed by atoms with Gasteiger partial charge in [-0.25, -0.2) is 0 Å². The van der Waals surface area contributed by atoms with Gasteiger partial charge in [-0.05, 0) is 22.0 Å². The zero-order chi connectivity index (χ0) is 7.84. The number of halogens is 1. The first-order valence-electron chi connectivity index (χ1n) is 3.16. The van der Waals surface area contributed by atoms with Gasteiger partial charge in [0.2, 0.25) is 0 Å². The topological polar surface area (TPSA) is 17.1 Å². The maximum atomic E-state index is 11.3. The number of fused-ring (bicyclic) bond motifs is 1. The van der Waals surface area contributed by atoms with E-state index in [1.807, 2.05) is 6.07 Å². The van der Waals surface area contributed by atoms with E-state index in [1.54, 1.807) is 23.1 Å². The molecule has 0 saturated carbocycles. The van der Waals surface area contributed by atoms with Crippen molar-refractivity contribution in [3.8, 4) is 0 Å². The molecule has 58 valence electrons. The summed E-state index contributed by atoms with van der Waals surface area (Å²) in [5.41, 5.74) is 0.931. The van der Waals surface area contributed by atoms with Gasteiger partial charge in [-0.2, -0.15) is 0 Å². The molecule has 2 heterocycles. The fraction of sp³-hybridized carbons (Fsp3) is 0.286. The molecule has 0 atom stereocenters. The minimum atomic E-state index is 0.276. The molecule has 1 aliphatic heterocycles. The third kappa shape index (κ3) is 1.39. The predicted molar refractivity (Wildman–Crippen MR) is 52.5 cm³/mol. The third-order valence-corrected chi connectivity index (χ3v) is 4.33. The van der Waals surface area contributed by atoms with Gasteiger partial charge in [0, 0.05) is 16.2 Å². The van der Waals surface area contributed by atoms with Gasteiger partial charge < -0.3 is 0 Å². The monoisotopic (exact) mass is 248 g/mol. The zero-order valence-corrected chi connectivity index (χ0v) is 8.81. The molecular formula is C7H5BrOS2. The molecule has 1 nitrogen and oxygen atoms in total. The molecular weight excluding hydrogens is 244 g/mol. The van der Waals surface area contributed by atoms with E-state index in [2.05, 4.69) is 15.9 Å². The highest BCUT2D eigenvalue weighted by Gasteiger charge is 2.19. The summed E-state index contributed by atoms with van der Waals surface area (Å²) in [5.74, 6) is 1.92. The summed E-state index contributed by atoms with van der Waals surface area (Å²) in [6, 6.07) is 1.93. The highest BCUT2D eigenvalue weighted by atomic mass is 79.9. The number of carbonyl (C=O) groups is 1. The van der Waals surface area contributed by atoms with Crippen molar-refractivity contribution >= 4 is 44.8 Å². The lowest BCUT2D eigenvalue weighted by molar-refractivity contribution is 0.102. The minimum Gasteiger partial charge on any atom is -0.293 e. The van der Waals surface area contributed by atoms with Crippen LogP contribution < -0.4 is 0 Å². The SMILES string of the molecule is O=C1CSCc2sc(Br)cc21. The maximum absolute atomic E-state index is 11.3. The van der Waals surface area contributed by atoms with E-state index in [9.17, 15) is 4.79 Å². The van der Waals surface area contributed by atoms with Crippen LogP contribution in [0.25, 0.3) is 0 Å². The molecule has 0 radical (unpaired) electrons. The summed E-state index contributed by atoms with van der Waals surface area (Å²) in [6.07, 6.45) is 0. The van der Waals surface area contributed by atoms with Gasteiger partial charge in [0.05, 0.1) is 9.54 Å². The van der Waals surface area contributed by atoms with E-state index in [0.29, 0.717) is 5.75 Å². The summed E-state index contributed by atoms with van der Waals surface area (Å²) in [5, 5.41) is 0. The van der Waals surface area contributed by atoms with Crippen LogP contribution in [0.15, 0.2) is 9.85 Å². The van der Waals surface area contributed by atoms with Crippen LogP contribution in [-0.2, 0) is 5.75 Å². The van der Waals surface area contributed by atoms with Gasteiger partial charge >= 0.3 is 0 Å². The molecule has 0 N–H and O–H groups in total. The molecule has 0 amide bonds. The molecule has 0 aliphatic carbocycles. The van der Waals surface area contributed by atoms with Gasteiger partial charge in [0.25, 0.3) is 0 Å². The number of rotatable bonds is 0. The Morgan fingerprint density at radius 2 is 2.27 bits per heavy atom. The standard InChI is InChI=1S/C7H5BrOS2/c8-7-1-4-5(9)2-10-3-6(4)11-7/h1H,2-3H2. The van der Waals surface area contributed by atoms with Crippen LogP contribution in [0, 0.1) is 0 Å². The van der Waals surface area contributed by atoms with Crippen molar-refractivity contribution in [1.82, 2.24) is 0 Å². The Kier molecular flexibility index (Phi) is 2.08. The smallest absolute Gasteiger partial charge is 0.173 e. The van der Waals surface area contributed by atoms with E-state index in [4.69, 9.17) is 0 Å². The Morgan fingerprint density at radius 3 is 3.00 bits per heavy atom. The van der Waals surface area contributed by atoms with Crippen LogP contribution in [0.2, 0.25) is 0 Å². The fourth-order valence-electron chi connectivity index (χ4n) is 1.05. The number of carbonyl (C=O) groups excluding carboxylic acids is 1. The third-order valence-electron chi connectivity index (χ3n) is 1.55. The highest BCUT2D eigenvalue weighted by molar-refractivity contribution is 9.11. The second kappa shape index (κ2) is 2.92. The molecule has 1 aliphatic rings. The predicted octanol–water partition coefficient (Wildman–Crippen LogP) is 2.94. The summed E-state index contributed by atoms with van der Waals surface area (Å²) in [7, 11) is 0. The van der Waals surface area contributed by atoms with Gasteiger partial charge in [0.1, 0.15) is 0 Å². The Hall–Kier alpha value is 0.200. The average Bonchev–Trinajstić information content (AvgIpc) is 2.31. The molecule has 0 aromatic carbocycles. The highest BCUT2D eigenvalue weighted by Crippen LogP contribution is 2.34. The minimum absolute atomic E-state index is 0.276. The molecule has 0 spiro atoms. The molecule has 0 saturated heterocycles. The first-order valence-corrected chi connectivity index (χ1v) is 5.93. The van der Waals surface area contributed by atoms with Crippen molar-refractivity contribution in [2.75, 3.05) is 5.75 Å². The van der Waals surface area contributed by atoms with E-state index in [-0.39, 0.29) is 5.78 Å². The molecule has 0 fully saturated rings. The fourth-order valence-corrected chi connectivity index (χ4v) is 3.83. The normalized spacial score (nSPS) is 16.6. The molecule has 2 rings (SSSR count). The lowest BCUT2D eigenvalue weighted by Gasteiger charge is -2.07. The number of hydrogen-bond donors (Lipinski definition) is 0. The van der Waals surface area contributed by atoms with Crippen LogP contribution in [0.1, 0.15) is 15.2 Å². The van der Waals surface area contributed by atoms with Crippen LogP contribution in [0.3, 0.4) is 0 Å². The number of thiophene rings is 1. The Bertz CT molecular complexity index is 305. The van der Waals surface area contributed by atoms with Crippen LogP contribution in [0.4, 0.5) is 0 Å². The molecule has 4 heteroatoms. The van der Waals surface area contributed by atoms with E-state index in [1.165, 1.54) is 4.88 Å². The summed E-state index contributed by atoms with van der Waals surface area (Å²) in [4.78, 5) is 12.5. The van der Waals surface area contributed by atoms with Crippen molar-refractivity contribution < 1.29 is 4.79 Å². The van der Waals surface area contributed by atoms with E-state index in [0.717, 1.165) is 15.1 Å². The number of hydrogen-bond acceptors (Lipinski definition) is 3. The second-order valence-electron chi connectivity index (χ2n) is 2.30. The van der Waals surface area contributed by atoms with Gasteiger partial charge in [-0.15, -0.1) is 23.1 Å².